The summed E-state index contributed by atoms with van der Waals surface area (Å²) in [5, 5.41) is 6.76. The van der Waals surface area contributed by atoms with Gasteiger partial charge in [-0.25, -0.2) is 0 Å². The number of pyridine rings is 2. The molecular weight excluding hydrogens is 316 g/mol. The van der Waals surface area contributed by atoms with Crippen LogP contribution in [0.5, 0.6) is 0 Å². The smallest absolute Gasteiger partial charge is 0.238 e. The van der Waals surface area contributed by atoms with E-state index in [1.54, 1.807) is 0 Å². The zero-order chi connectivity index (χ0) is 17.6. The maximum absolute atomic E-state index is 2.47. The summed E-state index contributed by atoms with van der Waals surface area (Å²) in [5.74, 6) is 0. The minimum absolute atomic E-state index is 1.28. The molecule has 0 radical (unpaired) electrons. The third-order valence-corrected chi connectivity index (χ3v) is 5.98. The van der Waals surface area contributed by atoms with Gasteiger partial charge in [0.25, 0.3) is 0 Å². The van der Waals surface area contributed by atoms with Crippen LogP contribution in [0.1, 0.15) is 11.1 Å². The Labute approximate surface area is 151 Å². The standard InChI is InChI=1S/C24H19N2/c1-14-13-15(2)21-22-16(14)8-6-10-20(22)26-19-9-5-4-7-17(19)18-11-12-25(3)24(21)23(18)26/h4-13H,1-3H3/q+1. The second kappa shape index (κ2) is 4.53. The summed E-state index contributed by atoms with van der Waals surface area (Å²) in [6.45, 7) is 4.47. The van der Waals surface area contributed by atoms with E-state index in [0.717, 1.165) is 0 Å². The lowest BCUT2D eigenvalue weighted by molar-refractivity contribution is -0.644. The fraction of sp³-hybridized carbons (Fsp3) is 0.125. The Bertz CT molecular complexity index is 1500. The lowest BCUT2D eigenvalue weighted by Gasteiger charge is -2.14. The molecule has 124 valence electrons. The van der Waals surface area contributed by atoms with Gasteiger partial charge in [-0.05, 0) is 42.5 Å². The van der Waals surface area contributed by atoms with Crippen molar-refractivity contribution in [3.05, 3.63) is 71.9 Å². The highest BCUT2D eigenvalue weighted by molar-refractivity contribution is 6.25. The second-order valence-electron chi connectivity index (χ2n) is 7.48. The molecule has 0 saturated carbocycles. The minimum Gasteiger partial charge on any atom is -0.303 e. The van der Waals surface area contributed by atoms with Gasteiger partial charge < -0.3 is 4.40 Å². The number of benzene rings is 3. The minimum atomic E-state index is 1.28. The lowest BCUT2D eigenvalue weighted by Crippen LogP contribution is -2.29. The van der Waals surface area contributed by atoms with Gasteiger partial charge in [-0.2, -0.15) is 4.57 Å². The zero-order valence-corrected chi connectivity index (χ0v) is 15.2. The predicted molar refractivity (Wildman–Crippen MR) is 109 cm³/mol. The topological polar surface area (TPSA) is 8.29 Å². The number of rotatable bonds is 0. The molecule has 0 aliphatic rings. The first kappa shape index (κ1) is 14.1. The Morgan fingerprint density at radius 3 is 2.38 bits per heavy atom. The first-order valence-corrected chi connectivity index (χ1v) is 9.12. The molecule has 0 atom stereocenters. The van der Waals surface area contributed by atoms with Crippen molar-refractivity contribution in [2.24, 2.45) is 7.05 Å². The highest BCUT2D eigenvalue weighted by Crippen LogP contribution is 2.40. The van der Waals surface area contributed by atoms with E-state index in [-0.39, 0.29) is 0 Å². The van der Waals surface area contributed by atoms with Gasteiger partial charge in [0.2, 0.25) is 5.52 Å². The van der Waals surface area contributed by atoms with Gasteiger partial charge in [0.1, 0.15) is 12.6 Å². The van der Waals surface area contributed by atoms with Crippen LogP contribution in [0.15, 0.2) is 60.8 Å². The molecule has 2 nitrogen and oxygen atoms in total. The summed E-state index contributed by atoms with van der Waals surface area (Å²) in [7, 11) is 2.16. The number of nitrogens with zero attached hydrogens (tertiary/aromatic N) is 2. The van der Waals surface area contributed by atoms with Crippen LogP contribution in [0.3, 0.4) is 0 Å². The molecule has 0 saturated heterocycles. The summed E-state index contributed by atoms with van der Waals surface area (Å²) in [6, 6.07) is 20.1. The van der Waals surface area contributed by atoms with Crippen molar-refractivity contribution >= 4 is 49.0 Å². The van der Waals surface area contributed by atoms with Crippen LogP contribution in [-0.2, 0) is 7.05 Å². The Kier molecular flexibility index (Phi) is 2.45. The molecule has 0 unspecified atom stereocenters. The molecule has 2 heteroatoms. The van der Waals surface area contributed by atoms with Crippen LogP contribution in [0.2, 0.25) is 0 Å². The van der Waals surface area contributed by atoms with E-state index in [4.69, 9.17) is 0 Å². The van der Waals surface area contributed by atoms with Gasteiger partial charge in [-0.15, -0.1) is 0 Å². The van der Waals surface area contributed by atoms with Gasteiger partial charge in [0.15, 0.2) is 6.20 Å². The van der Waals surface area contributed by atoms with E-state index in [9.17, 15) is 0 Å². The van der Waals surface area contributed by atoms with Crippen molar-refractivity contribution in [3.63, 3.8) is 0 Å². The molecule has 0 amide bonds. The molecule has 3 heterocycles. The van der Waals surface area contributed by atoms with Crippen LogP contribution in [-0.4, -0.2) is 4.40 Å². The van der Waals surface area contributed by atoms with Gasteiger partial charge in [-0.3, -0.25) is 0 Å². The molecule has 0 fully saturated rings. The highest BCUT2D eigenvalue weighted by atomic mass is 15.0. The number of hydrogen-bond acceptors (Lipinski definition) is 0. The van der Waals surface area contributed by atoms with Crippen LogP contribution < -0.4 is 4.57 Å². The average molecular weight is 335 g/mol. The maximum atomic E-state index is 2.47. The zero-order valence-electron chi connectivity index (χ0n) is 15.2. The molecule has 0 aliphatic heterocycles. The number of hydrogen-bond donors (Lipinski definition) is 0. The van der Waals surface area contributed by atoms with E-state index in [1.807, 2.05) is 0 Å². The van der Waals surface area contributed by atoms with Crippen molar-refractivity contribution in [2.45, 2.75) is 13.8 Å². The molecule has 6 aromatic rings. The number of aryl methyl sites for hydroxylation is 3. The van der Waals surface area contributed by atoms with Crippen LogP contribution in [0.4, 0.5) is 0 Å². The van der Waals surface area contributed by atoms with E-state index < -0.39 is 0 Å². The molecule has 3 aromatic carbocycles. The summed E-state index contributed by atoms with van der Waals surface area (Å²) < 4.78 is 4.75. The average Bonchev–Trinajstić information content (AvgIpc) is 2.98. The van der Waals surface area contributed by atoms with Crippen molar-refractivity contribution < 1.29 is 4.57 Å². The Balaban J connectivity index is 2.17. The fourth-order valence-corrected chi connectivity index (χ4v) is 4.93. The normalized spacial score (nSPS) is 12.4. The summed E-state index contributed by atoms with van der Waals surface area (Å²) in [4.78, 5) is 0. The Hall–Kier alpha value is -3.13. The van der Waals surface area contributed by atoms with E-state index in [2.05, 4.69) is 90.7 Å². The van der Waals surface area contributed by atoms with Crippen LogP contribution in [0, 0.1) is 13.8 Å². The molecule has 0 N–H and O–H groups in total. The number of aromatic nitrogens is 2. The monoisotopic (exact) mass is 335 g/mol. The quantitative estimate of drug-likeness (QED) is 0.199. The predicted octanol–water partition coefficient (Wildman–Crippen LogP) is 5.43. The highest BCUT2D eigenvalue weighted by Gasteiger charge is 2.24. The van der Waals surface area contributed by atoms with E-state index in [0.29, 0.717) is 0 Å². The second-order valence-corrected chi connectivity index (χ2v) is 7.48. The summed E-state index contributed by atoms with van der Waals surface area (Å²) >= 11 is 0. The third kappa shape index (κ3) is 1.47. The van der Waals surface area contributed by atoms with E-state index >= 15 is 0 Å². The van der Waals surface area contributed by atoms with E-state index in [1.165, 1.54) is 60.1 Å². The molecule has 0 aliphatic carbocycles. The summed E-state index contributed by atoms with van der Waals surface area (Å²) in [5.41, 5.74) is 7.92. The Morgan fingerprint density at radius 1 is 0.731 bits per heavy atom. The molecule has 26 heavy (non-hydrogen) atoms. The van der Waals surface area contributed by atoms with Gasteiger partial charge in [0.05, 0.1) is 16.4 Å². The molecule has 0 spiro atoms. The number of fused-ring (bicyclic) bond motifs is 5. The van der Waals surface area contributed by atoms with Gasteiger partial charge >= 0.3 is 0 Å². The fourth-order valence-electron chi connectivity index (χ4n) is 4.93. The van der Waals surface area contributed by atoms with Crippen molar-refractivity contribution in [1.82, 2.24) is 4.40 Å². The molecule has 6 rings (SSSR count). The SMILES string of the molecule is Cc1cc(C)c2c3c1cccc3n1c3ccccc3c3cc[n+](C)c2c31. The Morgan fingerprint density at radius 2 is 1.50 bits per heavy atom. The number of para-hydroxylation sites is 1. The first-order valence-electron chi connectivity index (χ1n) is 9.12. The first-order chi connectivity index (χ1) is 12.7. The van der Waals surface area contributed by atoms with Gasteiger partial charge in [0, 0.05) is 22.2 Å². The van der Waals surface area contributed by atoms with Crippen LogP contribution >= 0.6 is 0 Å². The van der Waals surface area contributed by atoms with Crippen molar-refractivity contribution in [3.8, 4) is 0 Å². The largest absolute Gasteiger partial charge is 0.303 e. The maximum Gasteiger partial charge on any atom is 0.238 e. The molecule has 0 bridgehead atoms. The van der Waals surface area contributed by atoms with Crippen molar-refractivity contribution in [1.29, 1.82) is 0 Å². The van der Waals surface area contributed by atoms with Crippen molar-refractivity contribution in [2.75, 3.05) is 0 Å². The van der Waals surface area contributed by atoms with Crippen LogP contribution in [0.25, 0.3) is 49.0 Å². The molecule has 3 aromatic heterocycles. The van der Waals surface area contributed by atoms with Gasteiger partial charge in [-0.1, -0.05) is 36.4 Å². The summed E-state index contributed by atoms with van der Waals surface area (Å²) in [6.07, 6.45) is 2.20. The lowest BCUT2D eigenvalue weighted by atomic mass is 9.95. The third-order valence-electron chi connectivity index (χ3n) is 5.98. The molecular formula is C24H19N2+.